The lowest BCUT2D eigenvalue weighted by atomic mass is 9.89. The average Bonchev–Trinajstić information content (AvgIpc) is 2.66. The quantitative estimate of drug-likeness (QED) is 0.847. The van der Waals surface area contributed by atoms with Crippen molar-refractivity contribution in [1.82, 2.24) is 4.57 Å². The Morgan fingerprint density at radius 1 is 1.25 bits per heavy atom. The van der Waals surface area contributed by atoms with Crippen molar-refractivity contribution in [2.45, 2.75) is 65.5 Å². The van der Waals surface area contributed by atoms with Gasteiger partial charge in [0.05, 0.1) is 5.69 Å². The highest BCUT2D eigenvalue weighted by Crippen LogP contribution is 2.29. The van der Waals surface area contributed by atoms with Gasteiger partial charge in [-0.25, -0.2) is 0 Å². The van der Waals surface area contributed by atoms with Crippen LogP contribution in [0.4, 0.5) is 5.69 Å². The topological polar surface area (TPSA) is 34.0 Å². The zero-order chi connectivity index (χ0) is 14.5. The second-order valence-corrected chi connectivity index (χ2v) is 6.40. The maximum atomic E-state index is 11.6. The summed E-state index contributed by atoms with van der Waals surface area (Å²) >= 11 is 0. The van der Waals surface area contributed by atoms with E-state index in [1.165, 1.54) is 32.1 Å². The smallest absolute Gasteiger partial charge is 0.250 e. The molecule has 1 aliphatic rings. The van der Waals surface area contributed by atoms with Gasteiger partial charge in [0.15, 0.2) is 0 Å². The number of aromatic nitrogens is 1. The van der Waals surface area contributed by atoms with Crippen LogP contribution in [0.2, 0.25) is 0 Å². The number of nitrogens with one attached hydrogen (secondary N) is 1. The maximum absolute atomic E-state index is 11.6. The normalized spacial score (nSPS) is 23.6. The molecular weight excluding hydrogens is 248 g/mol. The Balaban J connectivity index is 1.98. The Hall–Kier alpha value is -1.25. The van der Waals surface area contributed by atoms with Gasteiger partial charge >= 0.3 is 0 Å². The third-order valence-electron chi connectivity index (χ3n) is 4.65. The fourth-order valence-corrected chi connectivity index (χ4v) is 3.24. The molecule has 1 N–H and O–H groups in total. The van der Waals surface area contributed by atoms with Gasteiger partial charge in [-0.2, -0.15) is 0 Å². The summed E-state index contributed by atoms with van der Waals surface area (Å²) in [7, 11) is 0. The number of aryl methyl sites for hydroxylation is 1. The second kappa shape index (κ2) is 6.96. The van der Waals surface area contributed by atoms with Gasteiger partial charge in [0.25, 0.3) is 5.56 Å². The van der Waals surface area contributed by atoms with Crippen LogP contribution < -0.4 is 10.9 Å². The Morgan fingerprint density at radius 3 is 2.75 bits per heavy atom. The first-order chi connectivity index (χ1) is 9.60. The fourth-order valence-electron chi connectivity index (χ4n) is 3.24. The molecule has 0 aromatic carbocycles. The van der Waals surface area contributed by atoms with Crippen molar-refractivity contribution < 1.29 is 0 Å². The molecule has 0 aliphatic heterocycles. The molecule has 2 atom stereocenters. The van der Waals surface area contributed by atoms with E-state index in [1.54, 1.807) is 10.6 Å². The monoisotopic (exact) mass is 276 g/mol. The van der Waals surface area contributed by atoms with Gasteiger partial charge in [-0.05, 0) is 44.1 Å². The highest BCUT2D eigenvalue weighted by Gasteiger charge is 2.20. The first-order valence-corrected chi connectivity index (χ1v) is 8.07. The molecule has 3 heteroatoms. The van der Waals surface area contributed by atoms with Crippen molar-refractivity contribution in [1.29, 1.82) is 0 Å². The molecule has 1 aliphatic carbocycles. The highest BCUT2D eigenvalue weighted by atomic mass is 16.1. The van der Waals surface area contributed by atoms with Crippen LogP contribution in [0.15, 0.2) is 23.1 Å². The first kappa shape index (κ1) is 15.1. The number of pyridine rings is 1. The van der Waals surface area contributed by atoms with Crippen LogP contribution in [-0.2, 0) is 6.54 Å². The molecule has 1 aromatic rings. The lowest BCUT2D eigenvalue weighted by Gasteiger charge is -2.20. The van der Waals surface area contributed by atoms with E-state index in [0.717, 1.165) is 24.1 Å². The predicted octanol–water partition coefficient (Wildman–Crippen LogP) is 3.89. The zero-order valence-corrected chi connectivity index (χ0v) is 13.1. The Kier molecular flexibility index (Phi) is 5.27. The van der Waals surface area contributed by atoms with Crippen molar-refractivity contribution in [3.63, 3.8) is 0 Å². The van der Waals surface area contributed by atoms with E-state index in [2.05, 4.69) is 19.2 Å². The summed E-state index contributed by atoms with van der Waals surface area (Å²) in [6, 6.07) is 4.14. The molecule has 0 radical (unpaired) electrons. The van der Waals surface area contributed by atoms with Crippen LogP contribution in [0.25, 0.3) is 0 Å². The standard InChI is InChI=1S/C17H28N2O/c1-4-19-12-16(10-11-17(19)20)18-15-7-5-6-14(8-9-15)13(2)3/h10-15,18H,4-9H2,1-3H3. The summed E-state index contributed by atoms with van der Waals surface area (Å²) < 4.78 is 1.76. The molecule has 2 rings (SSSR count). The van der Waals surface area contributed by atoms with E-state index < -0.39 is 0 Å². The van der Waals surface area contributed by atoms with Gasteiger partial charge in [-0.1, -0.05) is 26.7 Å². The lowest BCUT2D eigenvalue weighted by Crippen LogP contribution is -2.22. The molecule has 112 valence electrons. The largest absolute Gasteiger partial charge is 0.381 e. The molecular formula is C17H28N2O. The molecule has 2 unspecified atom stereocenters. The zero-order valence-electron chi connectivity index (χ0n) is 13.1. The van der Waals surface area contributed by atoms with Crippen molar-refractivity contribution >= 4 is 5.69 Å². The maximum Gasteiger partial charge on any atom is 0.250 e. The minimum Gasteiger partial charge on any atom is -0.381 e. The summed E-state index contributed by atoms with van der Waals surface area (Å²) in [6.45, 7) is 7.42. The molecule has 20 heavy (non-hydrogen) atoms. The van der Waals surface area contributed by atoms with Gasteiger partial charge in [0.1, 0.15) is 0 Å². The van der Waals surface area contributed by atoms with Gasteiger partial charge in [0, 0.05) is 24.8 Å². The van der Waals surface area contributed by atoms with E-state index in [1.807, 2.05) is 19.2 Å². The lowest BCUT2D eigenvalue weighted by molar-refractivity contribution is 0.341. The van der Waals surface area contributed by atoms with Crippen molar-refractivity contribution in [3.05, 3.63) is 28.7 Å². The summed E-state index contributed by atoms with van der Waals surface area (Å²) in [4.78, 5) is 11.6. The molecule has 0 saturated heterocycles. The molecule has 0 spiro atoms. The third-order valence-corrected chi connectivity index (χ3v) is 4.65. The van der Waals surface area contributed by atoms with E-state index in [9.17, 15) is 4.79 Å². The highest BCUT2D eigenvalue weighted by molar-refractivity contribution is 5.41. The predicted molar refractivity (Wildman–Crippen MR) is 85.2 cm³/mol. The minimum atomic E-state index is 0.0822. The van der Waals surface area contributed by atoms with Crippen molar-refractivity contribution in [3.8, 4) is 0 Å². The van der Waals surface area contributed by atoms with Crippen LogP contribution in [0, 0.1) is 11.8 Å². The molecule has 1 fully saturated rings. The van der Waals surface area contributed by atoms with Gasteiger partial charge in [-0.15, -0.1) is 0 Å². The number of rotatable bonds is 4. The van der Waals surface area contributed by atoms with Crippen molar-refractivity contribution in [2.24, 2.45) is 11.8 Å². The Labute approximate surface area is 122 Å². The molecule has 0 amide bonds. The summed E-state index contributed by atoms with van der Waals surface area (Å²) in [6.07, 6.45) is 8.44. The number of hydrogen-bond acceptors (Lipinski definition) is 2. The second-order valence-electron chi connectivity index (χ2n) is 6.40. The van der Waals surface area contributed by atoms with Gasteiger partial charge in [-0.3, -0.25) is 4.79 Å². The molecule has 1 saturated carbocycles. The van der Waals surface area contributed by atoms with Crippen LogP contribution >= 0.6 is 0 Å². The molecule has 1 aromatic heterocycles. The first-order valence-electron chi connectivity index (χ1n) is 8.07. The minimum absolute atomic E-state index is 0.0822. The average molecular weight is 276 g/mol. The molecule has 0 bridgehead atoms. The Morgan fingerprint density at radius 2 is 2.05 bits per heavy atom. The molecule has 3 nitrogen and oxygen atoms in total. The van der Waals surface area contributed by atoms with E-state index in [4.69, 9.17) is 0 Å². The van der Waals surface area contributed by atoms with Crippen molar-refractivity contribution in [2.75, 3.05) is 5.32 Å². The summed E-state index contributed by atoms with van der Waals surface area (Å²) in [5.74, 6) is 1.68. The number of nitrogens with zero attached hydrogens (tertiary/aromatic N) is 1. The van der Waals surface area contributed by atoms with Gasteiger partial charge < -0.3 is 9.88 Å². The summed E-state index contributed by atoms with van der Waals surface area (Å²) in [5, 5.41) is 3.62. The Bertz CT molecular complexity index is 478. The van der Waals surface area contributed by atoms with Crippen LogP contribution in [0.1, 0.15) is 52.9 Å². The number of anilines is 1. The van der Waals surface area contributed by atoms with Crippen LogP contribution in [-0.4, -0.2) is 10.6 Å². The molecule has 1 heterocycles. The van der Waals surface area contributed by atoms with Crippen LogP contribution in [0.3, 0.4) is 0 Å². The van der Waals surface area contributed by atoms with E-state index in [-0.39, 0.29) is 5.56 Å². The SMILES string of the molecule is CCn1cc(NC2CCCC(C(C)C)CC2)ccc1=O. The van der Waals surface area contributed by atoms with E-state index >= 15 is 0 Å². The fraction of sp³-hybridized carbons (Fsp3) is 0.706. The van der Waals surface area contributed by atoms with E-state index in [0.29, 0.717) is 6.04 Å². The van der Waals surface area contributed by atoms with Crippen LogP contribution in [0.5, 0.6) is 0 Å². The summed E-state index contributed by atoms with van der Waals surface area (Å²) in [5.41, 5.74) is 1.17. The third kappa shape index (κ3) is 3.87. The number of hydrogen-bond donors (Lipinski definition) is 1. The van der Waals surface area contributed by atoms with Gasteiger partial charge in [0.2, 0.25) is 0 Å².